The van der Waals surface area contributed by atoms with Gasteiger partial charge in [0.05, 0.1) is 16.9 Å². The molecule has 0 bridgehead atoms. The van der Waals surface area contributed by atoms with Crippen molar-refractivity contribution >= 4 is 27.5 Å². The zero-order chi connectivity index (χ0) is 22.5. The molecule has 7 heteroatoms. The first-order valence-electron chi connectivity index (χ1n) is 10.5. The third kappa shape index (κ3) is 5.06. The van der Waals surface area contributed by atoms with E-state index < -0.39 is 0 Å². The second kappa shape index (κ2) is 9.78. The number of aryl methyl sites for hydroxylation is 2. The third-order valence-electron chi connectivity index (χ3n) is 5.14. The Morgan fingerprint density at radius 3 is 2.72 bits per heavy atom. The Morgan fingerprint density at radius 2 is 1.94 bits per heavy atom. The number of carbonyl (C=O) groups excluding carboxylic acids is 1. The fraction of sp³-hybridized carbons (Fsp3) is 0.240. The molecule has 164 valence electrons. The molecule has 0 fully saturated rings. The van der Waals surface area contributed by atoms with Crippen LogP contribution in [0.1, 0.15) is 38.6 Å². The van der Waals surface area contributed by atoms with Crippen molar-refractivity contribution in [2.45, 2.75) is 26.7 Å². The first-order chi connectivity index (χ1) is 15.5. The lowest BCUT2D eigenvalue weighted by Crippen LogP contribution is -2.25. The van der Waals surface area contributed by atoms with Gasteiger partial charge in [-0.25, -0.2) is 4.98 Å². The number of nitrogens with one attached hydrogen (secondary N) is 2. The maximum absolute atomic E-state index is 12.7. The van der Waals surface area contributed by atoms with Crippen molar-refractivity contribution in [1.29, 1.82) is 0 Å². The zero-order valence-electron chi connectivity index (χ0n) is 18.1. The number of benzene rings is 2. The van der Waals surface area contributed by atoms with Crippen molar-refractivity contribution in [3.8, 4) is 5.75 Å². The quantitative estimate of drug-likeness (QED) is 0.392. The number of amides is 1. The SMILES string of the molecule is Cc1cccc(OCCCNC(=O)c2sc3nc(Cc4ccccc4)[nH]c(=O)c3c2C)c1. The van der Waals surface area contributed by atoms with Gasteiger partial charge in [0.15, 0.2) is 0 Å². The summed E-state index contributed by atoms with van der Waals surface area (Å²) in [7, 11) is 0. The number of thiophene rings is 1. The molecule has 0 unspecified atom stereocenters. The highest BCUT2D eigenvalue weighted by atomic mass is 32.1. The van der Waals surface area contributed by atoms with Gasteiger partial charge in [-0.2, -0.15) is 0 Å². The van der Waals surface area contributed by atoms with Crippen LogP contribution in [0.5, 0.6) is 5.75 Å². The molecule has 6 nitrogen and oxygen atoms in total. The minimum Gasteiger partial charge on any atom is -0.494 e. The number of nitrogens with zero attached hydrogens (tertiary/aromatic N) is 1. The number of aromatic amines is 1. The van der Waals surface area contributed by atoms with Gasteiger partial charge in [-0.15, -0.1) is 11.3 Å². The van der Waals surface area contributed by atoms with Crippen LogP contribution < -0.4 is 15.6 Å². The van der Waals surface area contributed by atoms with Gasteiger partial charge in [-0.05, 0) is 49.1 Å². The van der Waals surface area contributed by atoms with E-state index in [1.807, 2.05) is 61.5 Å². The van der Waals surface area contributed by atoms with Crippen LogP contribution in [0.15, 0.2) is 59.4 Å². The van der Waals surface area contributed by atoms with E-state index >= 15 is 0 Å². The van der Waals surface area contributed by atoms with Crippen LogP contribution in [-0.2, 0) is 6.42 Å². The van der Waals surface area contributed by atoms with Crippen molar-refractivity contribution in [3.05, 3.63) is 92.3 Å². The molecule has 4 aromatic rings. The Kier molecular flexibility index (Phi) is 6.66. The van der Waals surface area contributed by atoms with E-state index in [0.717, 1.165) is 16.9 Å². The molecule has 32 heavy (non-hydrogen) atoms. The van der Waals surface area contributed by atoms with E-state index in [1.165, 1.54) is 11.3 Å². The van der Waals surface area contributed by atoms with Crippen molar-refractivity contribution < 1.29 is 9.53 Å². The van der Waals surface area contributed by atoms with Gasteiger partial charge in [0.2, 0.25) is 0 Å². The lowest BCUT2D eigenvalue weighted by Gasteiger charge is -2.07. The highest BCUT2D eigenvalue weighted by molar-refractivity contribution is 7.20. The summed E-state index contributed by atoms with van der Waals surface area (Å²) in [5.41, 5.74) is 2.67. The van der Waals surface area contributed by atoms with E-state index in [9.17, 15) is 9.59 Å². The molecular weight excluding hydrogens is 422 g/mol. The minimum atomic E-state index is -0.208. The van der Waals surface area contributed by atoms with Gasteiger partial charge in [-0.3, -0.25) is 9.59 Å². The molecule has 2 aromatic carbocycles. The molecular formula is C25H25N3O3S. The highest BCUT2D eigenvalue weighted by Gasteiger charge is 2.19. The van der Waals surface area contributed by atoms with E-state index in [2.05, 4.69) is 15.3 Å². The minimum absolute atomic E-state index is 0.190. The van der Waals surface area contributed by atoms with Gasteiger partial charge >= 0.3 is 0 Å². The predicted octanol–water partition coefficient (Wildman–Crippen LogP) is 4.39. The Labute approximate surface area is 190 Å². The third-order valence-corrected chi connectivity index (χ3v) is 6.32. The number of carbonyl (C=O) groups is 1. The van der Waals surface area contributed by atoms with E-state index in [4.69, 9.17) is 4.74 Å². The summed E-state index contributed by atoms with van der Waals surface area (Å²) >= 11 is 1.26. The van der Waals surface area contributed by atoms with Crippen LogP contribution in [0.3, 0.4) is 0 Å². The maximum atomic E-state index is 12.7. The van der Waals surface area contributed by atoms with Crippen LogP contribution in [0, 0.1) is 13.8 Å². The lowest BCUT2D eigenvalue weighted by molar-refractivity contribution is 0.0955. The fourth-order valence-electron chi connectivity index (χ4n) is 3.53. The van der Waals surface area contributed by atoms with E-state index in [1.54, 1.807) is 6.92 Å². The second-order valence-electron chi connectivity index (χ2n) is 7.69. The van der Waals surface area contributed by atoms with Crippen LogP contribution in [0.2, 0.25) is 0 Å². The summed E-state index contributed by atoms with van der Waals surface area (Å²) in [5.74, 6) is 1.23. The summed E-state index contributed by atoms with van der Waals surface area (Å²) in [4.78, 5) is 34.0. The van der Waals surface area contributed by atoms with Crippen LogP contribution in [-0.4, -0.2) is 29.0 Å². The first-order valence-corrected chi connectivity index (χ1v) is 11.4. The standard InChI is InChI=1S/C25H25N3O3S/c1-16-8-6-11-19(14-16)31-13-7-12-26-24(30)22-17(2)21-23(29)27-20(28-25(21)32-22)15-18-9-4-3-5-10-18/h3-6,8-11,14H,7,12-13,15H2,1-2H3,(H,26,30)(H,27,28,29). The molecule has 4 rings (SSSR count). The second-order valence-corrected chi connectivity index (χ2v) is 8.68. The Hall–Kier alpha value is -3.45. The summed E-state index contributed by atoms with van der Waals surface area (Å²) in [5, 5.41) is 3.41. The Morgan fingerprint density at radius 1 is 1.12 bits per heavy atom. The van der Waals surface area contributed by atoms with E-state index in [0.29, 0.717) is 52.5 Å². The molecule has 0 aliphatic rings. The summed E-state index contributed by atoms with van der Waals surface area (Å²) in [6, 6.07) is 17.7. The van der Waals surface area contributed by atoms with Gasteiger partial charge in [0, 0.05) is 13.0 Å². The Bertz CT molecular complexity index is 1300. The normalized spacial score (nSPS) is 10.9. The zero-order valence-corrected chi connectivity index (χ0v) is 18.9. The number of rotatable bonds is 8. The first kappa shape index (κ1) is 21.8. The van der Waals surface area contributed by atoms with Gasteiger partial charge in [0.25, 0.3) is 11.5 Å². The number of aromatic nitrogens is 2. The monoisotopic (exact) mass is 447 g/mol. The number of hydrogen-bond donors (Lipinski definition) is 2. The molecule has 0 spiro atoms. The molecule has 0 aliphatic carbocycles. The number of fused-ring (bicyclic) bond motifs is 1. The molecule has 2 N–H and O–H groups in total. The lowest BCUT2D eigenvalue weighted by atomic mass is 10.1. The molecule has 2 heterocycles. The summed E-state index contributed by atoms with van der Waals surface area (Å²) in [6.45, 7) is 4.81. The maximum Gasteiger partial charge on any atom is 0.261 e. The summed E-state index contributed by atoms with van der Waals surface area (Å²) in [6.07, 6.45) is 1.22. The average Bonchev–Trinajstić information content (AvgIpc) is 3.11. The molecule has 0 aliphatic heterocycles. The topological polar surface area (TPSA) is 84.1 Å². The largest absolute Gasteiger partial charge is 0.494 e. The van der Waals surface area contributed by atoms with Crippen molar-refractivity contribution in [2.24, 2.45) is 0 Å². The molecule has 0 saturated carbocycles. The van der Waals surface area contributed by atoms with Crippen molar-refractivity contribution in [1.82, 2.24) is 15.3 Å². The molecule has 0 saturated heterocycles. The van der Waals surface area contributed by atoms with Gasteiger partial charge in [0.1, 0.15) is 16.4 Å². The fourth-order valence-corrected chi connectivity index (χ4v) is 4.64. The van der Waals surface area contributed by atoms with Crippen LogP contribution in [0.25, 0.3) is 10.2 Å². The number of H-pyrrole nitrogens is 1. The van der Waals surface area contributed by atoms with Gasteiger partial charge < -0.3 is 15.0 Å². The molecule has 1 amide bonds. The number of ether oxygens (including phenoxy) is 1. The molecule has 2 aromatic heterocycles. The average molecular weight is 448 g/mol. The smallest absolute Gasteiger partial charge is 0.261 e. The predicted molar refractivity (Wildman–Crippen MR) is 128 cm³/mol. The summed E-state index contributed by atoms with van der Waals surface area (Å²) < 4.78 is 5.72. The molecule has 0 radical (unpaired) electrons. The highest BCUT2D eigenvalue weighted by Crippen LogP contribution is 2.27. The van der Waals surface area contributed by atoms with E-state index in [-0.39, 0.29) is 11.5 Å². The van der Waals surface area contributed by atoms with Crippen LogP contribution in [0.4, 0.5) is 0 Å². The van der Waals surface area contributed by atoms with Gasteiger partial charge in [-0.1, -0.05) is 42.5 Å². The number of hydrogen-bond acceptors (Lipinski definition) is 5. The van der Waals surface area contributed by atoms with Crippen molar-refractivity contribution in [2.75, 3.05) is 13.2 Å². The van der Waals surface area contributed by atoms with Crippen LogP contribution >= 0.6 is 11.3 Å². The van der Waals surface area contributed by atoms with Crippen molar-refractivity contribution in [3.63, 3.8) is 0 Å². The Balaban J connectivity index is 1.39. The molecule has 0 atom stereocenters.